The van der Waals surface area contributed by atoms with Crippen molar-refractivity contribution in [2.45, 2.75) is 26.0 Å². The van der Waals surface area contributed by atoms with Crippen LogP contribution in [0.4, 0.5) is 0 Å². The molecule has 1 aliphatic heterocycles. The van der Waals surface area contributed by atoms with Crippen LogP contribution >= 0.6 is 0 Å². The Balaban J connectivity index is 1.62. The second-order valence-electron chi connectivity index (χ2n) is 6.23. The molecule has 2 unspecified atom stereocenters. The Bertz CT molecular complexity index is 669. The second kappa shape index (κ2) is 7.49. The molecule has 4 nitrogen and oxygen atoms in total. The van der Waals surface area contributed by atoms with Gasteiger partial charge in [-0.15, -0.1) is 0 Å². The number of para-hydroxylation sites is 1. The molecular weight excluding hydrogens is 302 g/mol. The van der Waals surface area contributed by atoms with E-state index >= 15 is 0 Å². The van der Waals surface area contributed by atoms with E-state index < -0.39 is 0 Å². The van der Waals surface area contributed by atoms with E-state index in [4.69, 9.17) is 9.47 Å². The van der Waals surface area contributed by atoms with Gasteiger partial charge in [-0.05, 0) is 31.5 Å². The lowest BCUT2D eigenvalue weighted by Gasteiger charge is -2.38. The highest BCUT2D eigenvalue weighted by atomic mass is 16.5. The molecule has 2 aromatic carbocycles. The molecule has 4 heteroatoms. The molecule has 0 spiro atoms. The molecule has 0 saturated carbocycles. The first-order chi connectivity index (χ1) is 11.6. The van der Waals surface area contributed by atoms with E-state index in [1.54, 1.807) is 0 Å². The molecule has 126 valence electrons. The largest absolute Gasteiger partial charge is 0.484 e. The zero-order valence-electron chi connectivity index (χ0n) is 14.1. The maximum Gasteiger partial charge on any atom is 0.260 e. The van der Waals surface area contributed by atoms with E-state index in [-0.39, 0.29) is 24.7 Å². The van der Waals surface area contributed by atoms with Gasteiger partial charge in [0.05, 0.1) is 19.2 Å². The summed E-state index contributed by atoms with van der Waals surface area (Å²) in [5.74, 6) is 0.702. The Labute approximate surface area is 143 Å². The van der Waals surface area contributed by atoms with Gasteiger partial charge in [0.15, 0.2) is 6.61 Å². The molecule has 1 saturated heterocycles. The molecule has 3 rings (SSSR count). The van der Waals surface area contributed by atoms with E-state index in [1.807, 2.05) is 42.2 Å². The van der Waals surface area contributed by atoms with E-state index in [2.05, 4.69) is 31.2 Å². The quantitative estimate of drug-likeness (QED) is 0.865. The fraction of sp³-hybridized carbons (Fsp3) is 0.350. The van der Waals surface area contributed by atoms with Crippen LogP contribution in [-0.2, 0) is 9.53 Å². The number of ether oxygens (including phenoxy) is 2. The van der Waals surface area contributed by atoms with Crippen molar-refractivity contribution >= 4 is 5.91 Å². The standard InChI is InChI=1S/C20H23NO3/c1-15-8-10-17(11-9-15)19-12-21(16(2)13-24-19)20(22)14-23-18-6-4-3-5-7-18/h3-11,16,19H,12-14H2,1-2H3. The minimum atomic E-state index is -0.0810. The summed E-state index contributed by atoms with van der Waals surface area (Å²) in [6.45, 7) is 5.21. The van der Waals surface area contributed by atoms with E-state index in [9.17, 15) is 4.79 Å². The Morgan fingerprint density at radius 1 is 1.17 bits per heavy atom. The molecule has 0 aliphatic carbocycles. The number of nitrogens with zero attached hydrogens (tertiary/aromatic N) is 1. The average Bonchev–Trinajstić information content (AvgIpc) is 2.62. The summed E-state index contributed by atoms with van der Waals surface area (Å²) >= 11 is 0. The smallest absolute Gasteiger partial charge is 0.260 e. The lowest BCUT2D eigenvalue weighted by molar-refractivity contribution is -0.146. The third kappa shape index (κ3) is 3.95. The summed E-state index contributed by atoms with van der Waals surface area (Å²) in [6.07, 6.45) is -0.0810. The van der Waals surface area contributed by atoms with E-state index in [1.165, 1.54) is 5.56 Å². The molecule has 0 radical (unpaired) electrons. The number of carbonyl (C=O) groups is 1. The molecule has 2 aromatic rings. The summed E-state index contributed by atoms with van der Waals surface area (Å²) in [7, 11) is 0. The maximum atomic E-state index is 12.6. The maximum absolute atomic E-state index is 12.6. The third-order valence-electron chi connectivity index (χ3n) is 4.31. The zero-order chi connectivity index (χ0) is 16.9. The van der Waals surface area contributed by atoms with Crippen molar-refractivity contribution in [2.24, 2.45) is 0 Å². The fourth-order valence-corrected chi connectivity index (χ4v) is 2.83. The first-order valence-corrected chi connectivity index (χ1v) is 8.29. The number of hydrogen-bond acceptors (Lipinski definition) is 3. The predicted octanol–water partition coefficient (Wildman–Crippen LogP) is 3.36. The van der Waals surface area contributed by atoms with Gasteiger partial charge in [-0.3, -0.25) is 4.79 Å². The minimum absolute atomic E-state index is 0.00763. The fourth-order valence-electron chi connectivity index (χ4n) is 2.83. The summed E-state index contributed by atoms with van der Waals surface area (Å²) in [4.78, 5) is 14.4. The van der Waals surface area contributed by atoms with Crippen LogP contribution in [0.15, 0.2) is 54.6 Å². The molecule has 0 aromatic heterocycles. The number of amides is 1. The molecule has 1 amide bonds. The number of benzene rings is 2. The van der Waals surface area contributed by atoms with Crippen molar-refractivity contribution in [3.05, 3.63) is 65.7 Å². The molecule has 1 fully saturated rings. The number of aryl methyl sites for hydroxylation is 1. The summed E-state index contributed by atoms with van der Waals surface area (Å²) in [5.41, 5.74) is 2.32. The predicted molar refractivity (Wildman–Crippen MR) is 93.0 cm³/mol. The van der Waals surface area contributed by atoms with Crippen molar-refractivity contribution in [1.29, 1.82) is 0 Å². The lowest BCUT2D eigenvalue weighted by atomic mass is 10.0. The van der Waals surface area contributed by atoms with Crippen LogP contribution < -0.4 is 4.74 Å². The number of carbonyl (C=O) groups excluding carboxylic acids is 1. The van der Waals surface area contributed by atoms with Crippen LogP contribution in [0, 0.1) is 6.92 Å². The zero-order valence-corrected chi connectivity index (χ0v) is 14.1. The molecule has 1 heterocycles. The monoisotopic (exact) mass is 325 g/mol. The summed E-state index contributed by atoms with van der Waals surface area (Å²) in [5, 5.41) is 0. The molecule has 2 atom stereocenters. The highest BCUT2D eigenvalue weighted by Gasteiger charge is 2.30. The van der Waals surface area contributed by atoms with E-state index in [0.717, 1.165) is 5.56 Å². The first kappa shape index (κ1) is 16.5. The van der Waals surface area contributed by atoms with Crippen LogP contribution in [0.25, 0.3) is 0 Å². The van der Waals surface area contributed by atoms with Crippen molar-refractivity contribution < 1.29 is 14.3 Å². The first-order valence-electron chi connectivity index (χ1n) is 8.29. The topological polar surface area (TPSA) is 38.8 Å². The average molecular weight is 325 g/mol. The molecule has 0 bridgehead atoms. The Morgan fingerprint density at radius 2 is 1.88 bits per heavy atom. The molecular formula is C20H23NO3. The van der Waals surface area contributed by atoms with Crippen LogP contribution in [0.3, 0.4) is 0 Å². The van der Waals surface area contributed by atoms with E-state index in [0.29, 0.717) is 18.9 Å². The van der Waals surface area contributed by atoms with Crippen molar-refractivity contribution in [3.63, 3.8) is 0 Å². The third-order valence-corrected chi connectivity index (χ3v) is 4.31. The van der Waals surface area contributed by atoms with Crippen molar-refractivity contribution in [3.8, 4) is 5.75 Å². The van der Waals surface area contributed by atoms with Crippen LogP contribution in [0.1, 0.15) is 24.2 Å². The number of hydrogen-bond donors (Lipinski definition) is 0. The molecule has 1 aliphatic rings. The van der Waals surface area contributed by atoms with Gasteiger partial charge in [0.1, 0.15) is 11.9 Å². The van der Waals surface area contributed by atoms with Crippen molar-refractivity contribution in [2.75, 3.05) is 19.8 Å². The normalized spacial score (nSPS) is 20.7. The SMILES string of the molecule is Cc1ccc(C2CN(C(=O)COc3ccccc3)C(C)CO2)cc1. The van der Waals surface area contributed by atoms with Gasteiger partial charge in [0, 0.05) is 0 Å². The second-order valence-corrected chi connectivity index (χ2v) is 6.23. The highest BCUT2D eigenvalue weighted by Crippen LogP contribution is 2.25. The Hall–Kier alpha value is -2.33. The molecule has 0 N–H and O–H groups in total. The summed E-state index contributed by atoms with van der Waals surface area (Å²) in [6, 6.07) is 17.7. The van der Waals surface area contributed by atoms with Crippen LogP contribution in [0.2, 0.25) is 0 Å². The van der Waals surface area contributed by atoms with Gasteiger partial charge in [0.2, 0.25) is 0 Å². The minimum Gasteiger partial charge on any atom is -0.484 e. The van der Waals surface area contributed by atoms with Gasteiger partial charge in [-0.1, -0.05) is 48.0 Å². The lowest BCUT2D eigenvalue weighted by Crippen LogP contribution is -2.49. The number of morpholine rings is 1. The summed E-state index contributed by atoms with van der Waals surface area (Å²) < 4.78 is 11.5. The van der Waals surface area contributed by atoms with Crippen LogP contribution in [-0.4, -0.2) is 36.6 Å². The van der Waals surface area contributed by atoms with Crippen molar-refractivity contribution in [1.82, 2.24) is 4.90 Å². The van der Waals surface area contributed by atoms with Gasteiger partial charge >= 0.3 is 0 Å². The van der Waals surface area contributed by atoms with Gasteiger partial charge in [-0.2, -0.15) is 0 Å². The van der Waals surface area contributed by atoms with Gasteiger partial charge < -0.3 is 14.4 Å². The van der Waals surface area contributed by atoms with Gasteiger partial charge in [0.25, 0.3) is 5.91 Å². The van der Waals surface area contributed by atoms with Crippen LogP contribution in [0.5, 0.6) is 5.75 Å². The van der Waals surface area contributed by atoms with Gasteiger partial charge in [-0.25, -0.2) is 0 Å². The Kier molecular flexibility index (Phi) is 5.16. The molecule has 24 heavy (non-hydrogen) atoms. The highest BCUT2D eigenvalue weighted by molar-refractivity contribution is 5.78. The number of rotatable bonds is 4. The Morgan fingerprint density at radius 3 is 2.58 bits per heavy atom.